The van der Waals surface area contributed by atoms with Crippen LogP contribution < -0.4 is 14.8 Å². The fourth-order valence-electron chi connectivity index (χ4n) is 4.56. The number of nitrogens with one attached hydrogen (secondary N) is 2. The maximum absolute atomic E-state index is 13.4. The van der Waals surface area contributed by atoms with Gasteiger partial charge in [-0.25, -0.2) is 9.78 Å². The molecule has 4 aromatic carbocycles. The number of carbonyl (C=O) groups excluding carboxylic acids is 2. The van der Waals surface area contributed by atoms with E-state index in [-0.39, 0.29) is 27.7 Å². The number of hydrogen-bond donors (Lipinski definition) is 2. The number of nitrogens with zero attached hydrogens (tertiary/aromatic N) is 2. The van der Waals surface area contributed by atoms with Gasteiger partial charge in [-0.1, -0.05) is 72.3 Å². The minimum atomic E-state index is -4.11. The summed E-state index contributed by atoms with van der Waals surface area (Å²) in [5.41, 5.74) is 2.41. The Kier molecular flexibility index (Phi) is 9.50. The Morgan fingerprint density at radius 2 is 1.67 bits per heavy atom. The Hall–Kier alpha value is -5.13. The molecule has 0 aliphatic carbocycles. The molecule has 0 bridgehead atoms. The van der Waals surface area contributed by atoms with Crippen molar-refractivity contribution in [1.82, 2.24) is 14.9 Å². The van der Waals surface area contributed by atoms with Gasteiger partial charge in [0.2, 0.25) is 0 Å². The second-order valence-electron chi connectivity index (χ2n) is 10.0. The lowest BCUT2D eigenvalue weighted by Crippen LogP contribution is -2.43. The molecule has 0 unspecified atom stereocenters. The Balaban J connectivity index is 1.34. The number of amides is 1. The van der Waals surface area contributed by atoms with E-state index in [2.05, 4.69) is 15.0 Å². The largest absolute Gasteiger partial charge is 0.467 e. The Bertz CT molecular complexity index is 1930. The highest BCUT2D eigenvalue weighted by molar-refractivity contribution is 7.92. The van der Waals surface area contributed by atoms with Gasteiger partial charge in [-0.15, -0.1) is 0 Å². The van der Waals surface area contributed by atoms with E-state index in [0.29, 0.717) is 11.5 Å². The molecule has 5 aromatic rings. The van der Waals surface area contributed by atoms with Crippen molar-refractivity contribution in [1.29, 1.82) is 0 Å². The van der Waals surface area contributed by atoms with Crippen molar-refractivity contribution in [2.45, 2.75) is 17.5 Å². The third kappa shape index (κ3) is 7.69. The molecule has 45 heavy (non-hydrogen) atoms. The van der Waals surface area contributed by atoms with Crippen molar-refractivity contribution < 1.29 is 27.5 Å². The summed E-state index contributed by atoms with van der Waals surface area (Å²) >= 11 is 6.16. The van der Waals surface area contributed by atoms with E-state index < -0.39 is 27.9 Å². The standard InChI is InChI=1S/C33H29ClN4O6S/c1-38-20-31(35-21-38)45(41,42)37-28-17-16-24(34)19-27(28)32(39)36-29(33(40)43-2)18-22-12-14-23(15-13-22)26-10-6-7-11-30(26)44-25-8-4-3-5-9-25/h3-17,19-21,29,37H,18H2,1-2H3,(H,36,39)/t29-/m0/s1. The summed E-state index contributed by atoms with van der Waals surface area (Å²) in [6.07, 6.45) is 2.77. The molecule has 0 saturated heterocycles. The second-order valence-corrected chi connectivity index (χ2v) is 12.1. The van der Waals surface area contributed by atoms with Crippen LogP contribution in [0.2, 0.25) is 5.02 Å². The first-order valence-corrected chi connectivity index (χ1v) is 15.6. The Morgan fingerprint density at radius 3 is 2.36 bits per heavy atom. The fourth-order valence-corrected chi connectivity index (χ4v) is 5.79. The number of esters is 1. The van der Waals surface area contributed by atoms with Crippen LogP contribution >= 0.6 is 11.6 Å². The van der Waals surface area contributed by atoms with E-state index in [1.165, 1.54) is 42.4 Å². The number of aromatic nitrogens is 2. The molecular formula is C33H29ClN4O6S. The lowest BCUT2D eigenvalue weighted by molar-refractivity contribution is -0.142. The molecule has 0 spiro atoms. The van der Waals surface area contributed by atoms with Crippen LogP contribution in [-0.2, 0) is 33.0 Å². The molecule has 1 amide bonds. The van der Waals surface area contributed by atoms with E-state index in [0.717, 1.165) is 16.7 Å². The quantitative estimate of drug-likeness (QED) is 0.173. The predicted molar refractivity (Wildman–Crippen MR) is 171 cm³/mol. The van der Waals surface area contributed by atoms with Gasteiger partial charge in [0.05, 0.1) is 24.7 Å². The van der Waals surface area contributed by atoms with Crippen molar-refractivity contribution in [3.63, 3.8) is 0 Å². The topological polar surface area (TPSA) is 129 Å². The molecule has 0 aliphatic rings. The first-order valence-electron chi connectivity index (χ1n) is 13.7. The number of sulfonamides is 1. The van der Waals surface area contributed by atoms with Crippen molar-refractivity contribution in [2.75, 3.05) is 11.8 Å². The number of hydrogen-bond acceptors (Lipinski definition) is 7. The monoisotopic (exact) mass is 644 g/mol. The van der Waals surface area contributed by atoms with Gasteiger partial charge in [0.1, 0.15) is 17.5 Å². The molecule has 0 saturated carbocycles. The van der Waals surface area contributed by atoms with Gasteiger partial charge in [0.25, 0.3) is 15.9 Å². The van der Waals surface area contributed by atoms with E-state index in [4.69, 9.17) is 21.1 Å². The van der Waals surface area contributed by atoms with Crippen LogP contribution in [0.15, 0.2) is 115 Å². The SMILES string of the molecule is COC(=O)[C@H](Cc1ccc(-c2ccccc2Oc2ccccc2)cc1)NC(=O)c1cc(Cl)ccc1NS(=O)(=O)c1cn(C)cn1. The summed E-state index contributed by atoms with van der Waals surface area (Å²) in [6.45, 7) is 0. The average molecular weight is 645 g/mol. The van der Waals surface area contributed by atoms with Gasteiger partial charge < -0.3 is 19.4 Å². The van der Waals surface area contributed by atoms with Gasteiger partial charge in [-0.2, -0.15) is 8.42 Å². The lowest BCUT2D eigenvalue weighted by atomic mass is 9.99. The number of ether oxygens (including phenoxy) is 2. The summed E-state index contributed by atoms with van der Waals surface area (Å²) in [4.78, 5) is 30.1. The van der Waals surface area contributed by atoms with Crippen LogP contribution in [0.1, 0.15) is 15.9 Å². The number of benzene rings is 4. The first kappa shape index (κ1) is 31.3. The third-order valence-corrected chi connectivity index (χ3v) is 8.27. The lowest BCUT2D eigenvalue weighted by Gasteiger charge is -2.19. The summed E-state index contributed by atoms with van der Waals surface area (Å²) in [5, 5.41) is 2.64. The minimum Gasteiger partial charge on any atom is -0.467 e. The molecule has 1 heterocycles. The molecule has 10 nitrogen and oxygen atoms in total. The van der Waals surface area contributed by atoms with Crippen LogP contribution in [0.5, 0.6) is 11.5 Å². The molecule has 2 N–H and O–H groups in total. The molecular weight excluding hydrogens is 616 g/mol. The van der Waals surface area contributed by atoms with Crippen molar-refractivity contribution >= 4 is 39.2 Å². The molecule has 0 aliphatic heterocycles. The predicted octanol–water partition coefficient (Wildman–Crippen LogP) is 5.85. The fraction of sp³-hybridized carbons (Fsp3) is 0.121. The number of para-hydroxylation sites is 2. The first-order chi connectivity index (χ1) is 21.6. The zero-order valence-corrected chi connectivity index (χ0v) is 25.9. The maximum atomic E-state index is 13.4. The number of rotatable bonds is 11. The van der Waals surface area contributed by atoms with Gasteiger partial charge in [0, 0.05) is 30.3 Å². The number of halogens is 1. The third-order valence-electron chi connectivity index (χ3n) is 6.78. The molecule has 0 radical (unpaired) electrons. The molecule has 1 atom stereocenters. The van der Waals surface area contributed by atoms with Gasteiger partial charge in [-0.05, 0) is 47.5 Å². The normalized spacial score (nSPS) is 11.8. The Labute approximate surface area is 265 Å². The highest BCUT2D eigenvalue weighted by Crippen LogP contribution is 2.33. The van der Waals surface area contributed by atoms with Gasteiger partial charge >= 0.3 is 5.97 Å². The highest BCUT2D eigenvalue weighted by Gasteiger charge is 2.26. The number of aryl methyl sites for hydroxylation is 1. The summed E-state index contributed by atoms with van der Waals surface area (Å²) < 4.78 is 40.7. The molecule has 1 aromatic heterocycles. The highest BCUT2D eigenvalue weighted by atomic mass is 35.5. The van der Waals surface area contributed by atoms with Gasteiger partial charge in [-0.3, -0.25) is 9.52 Å². The van der Waals surface area contributed by atoms with Crippen LogP contribution in [0.25, 0.3) is 11.1 Å². The molecule has 12 heteroatoms. The zero-order valence-electron chi connectivity index (χ0n) is 24.3. The van der Waals surface area contributed by atoms with Crippen molar-refractivity contribution in [2.24, 2.45) is 7.05 Å². The molecule has 0 fully saturated rings. The number of carbonyl (C=O) groups is 2. The van der Waals surface area contributed by atoms with Gasteiger partial charge in [0.15, 0.2) is 5.03 Å². The second kappa shape index (κ2) is 13.7. The number of anilines is 1. The molecule has 5 rings (SSSR count). The minimum absolute atomic E-state index is 0.0353. The Morgan fingerprint density at radius 1 is 0.956 bits per heavy atom. The van der Waals surface area contributed by atoms with Crippen molar-refractivity contribution in [3.8, 4) is 22.6 Å². The summed E-state index contributed by atoms with van der Waals surface area (Å²) in [5.74, 6) is -0.000299. The van der Waals surface area contributed by atoms with Crippen molar-refractivity contribution in [3.05, 3.63) is 126 Å². The number of methoxy groups -OCH3 is 1. The van der Waals surface area contributed by atoms with Crippen LogP contribution in [0, 0.1) is 0 Å². The summed E-state index contributed by atoms with van der Waals surface area (Å²) in [7, 11) is -1.26. The maximum Gasteiger partial charge on any atom is 0.328 e. The van der Waals surface area contributed by atoms with E-state index in [1.807, 2.05) is 78.9 Å². The average Bonchev–Trinajstić information content (AvgIpc) is 3.49. The summed E-state index contributed by atoms with van der Waals surface area (Å²) in [6, 6.07) is 27.7. The smallest absolute Gasteiger partial charge is 0.328 e. The van der Waals surface area contributed by atoms with Crippen LogP contribution in [0.3, 0.4) is 0 Å². The van der Waals surface area contributed by atoms with Crippen LogP contribution in [0.4, 0.5) is 5.69 Å². The van der Waals surface area contributed by atoms with E-state index in [9.17, 15) is 18.0 Å². The van der Waals surface area contributed by atoms with E-state index in [1.54, 1.807) is 7.05 Å². The zero-order chi connectivity index (χ0) is 32.0. The van der Waals surface area contributed by atoms with Crippen LogP contribution in [-0.4, -0.2) is 43.0 Å². The number of imidazole rings is 1. The van der Waals surface area contributed by atoms with E-state index >= 15 is 0 Å². The molecule has 230 valence electrons.